The molecule has 4 heteroatoms. The Morgan fingerprint density at radius 3 is 2.75 bits per heavy atom. The number of aryl methyl sites for hydroxylation is 1. The lowest BCUT2D eigenvalue weighted by Crippen LogP contribution is -1.82. The summed E-state index contributed by atoms with van der Waals surface area (Å²) in [6.07, 6.45) is 0. The Bertz CT molecular complexity index is 172. The molecule has 4 nitrogen and oxygen atoms in total. The van der Waals surface area contributed by atoms with E-state index in [9.17, 15) is 5.11 Å². The van der Waals surface area contributed by atoms with Gasteiger partial charge in [-0.25, -0.2) is 10.1 Å². The van der Waals surface area contributed by atoms with Gasteiger partial charge in [0.25, 0.3) is 0 Å². The highest BCUT2D eigenvalue weighted by Crippen LogP contribution is 1.87. The van der Waals surface area contributed by atoms with E-state index in [1.54, 1.807) is 6.92 Å². The zero-order valence-electron chi connectivity index (χ0n) is 4.51. The lowest BCUT2D eigenvalue weighted by atomic mass is 10.7. The molecular formula is C4H6N3O. The first-order valence-electron chi connectivity index (χ1n) is 2.29. The topological polar surface area (TPSA) is 61.5 Å². The van der Waals surface area contributed by atoms with Gasteiger partial charge >= 0.3 is 0 Å². The number of aromatic amines is 1. The molecule has 0 aromatic carbocycles. The molecule has 0 fully saturated rings. The van der Waals surface area contributed by atoms with Crippen LogP contribution in [0.1, 0.15) is 11.6 Å². The Labute approximate surface area is 46.6 Å². The second kappa shape index (κ2) is 1.92. The predicted octanol–water partition coefficient (Wildman–Crippen LogP) is 0.0436. The molecular weight excluding hydrogens is 106 g/mol. The van der Waals surface area contributed by atoms with E-state index in [2.05, 4.69) is 15.2 Å². The van der Waals surface area contributed by atoms with Crippen LogP contribution in [0.4, 0.5) is 0 Å². The van der Waals surface area contributed by atoms with Gasteiger partial charge in [-0.2, -0.15) is 5.10 Å². The summed E-state index contributed by atoms with van der Waals surface area (Å²) in [5, 5.41) is 16.1. The molecule has 0 bridgehead atoms. The quantitative estimate of drug-likeness (QED) is 0.557. The molecule has 0 saturated carbocycles. The maximum absolute atomic E-state index is 10.0. The lowest BCUT2D eigenvalue weighted by Gasteiger charge is -1.75. The van der Waals surface area contributed by atoms with Crippen LogP contribution in [0.15, 0.2) is 0 Å². The number of nitrogens with zero attached hydrogens (tertiary/aromatic N) is 2. The average Bonchev–Trinajstić information content (AvgIpc) is 2.14. The van der Waals surface area contributed by atoms with E-state index in [0.717, 1.165) is 0 Å². The second-order valence-corrected chi connectivity index (χ2v) is 1.47. The van der Waals surface area contributed by atoms with Crippen molar-refractivity contribution in [3.8, 4) is 0 Å². The Morgan fingerprint density at radius 1 is 1.75 bits per heavy atom. The molecule has 0 aliphatic rings. The molecule has 0 aliphatic heterocycles. The van der Waals surface area contributed by atoms with E-state index in [1.807, 2.05) is 0 Å². The maximum Gasteiger partial charge on any atom is 0.153 e. The van der Waals surface area contributed by atoms with Crippen molar-refractivity contribution in [1.82, 2.24) is 15.2 Å². The number of nitrogens with one attached hydrogen (secondary N) is 1. The summed E-state index contributed by atoms with van der Waals surface area (Å²) in [4.78, 5) is 3.75. The minimum atomic E-state index is -0.319. The van der Waals surface area contributed by atoms with Crippen LogP contribution in [0.5, 0.6) is 0 Å². The molecule has 0 aliphatic carbocycles. The van der Waals surface area contributed by atoms with Crippen LogP contribution in [0.25, 0.3) is 0 Å². The predicted molar refractivity (Wildman–Crippen MR) is 25.5 cm³/mol. The van der Waals surface area contributed by atoms with E-state index < -0.39 is 0 Å². The zero-order valence-corrected chi connectivity index (χ0v) is 4.51. The highest BCUT2D eigenvalue weighted by molar-refractivity contribution is 4.84. The first kappa shape index (κ1) is 5.24. The van der Waals surface area contributed by atoms with Crippen molar-refractivity contribution >= 4 is 0 Å². The van der Waals surface area contributed by atoms with Crippen LogP contribution in [-0.4, -0.2) is 15.2 Å². The maximum atomic E-state index is 10.0. The molecule has 8 heavy (non-hydrogen) atoms. The normalized spacial score (nSPS) is 9.75. The van der Waals surface area contributed by atoms with Crippen molar-refractivity contribution in [2.75, 3.05) is 0 Å². The molecule has 1 heterocycles. The summed E-state index contributed by atoms with van der Waals surface area (Å²) in [7, 11) is 0. The number of H-pyrrole nitrogens is 1. The summed E-state index contributed by atoms with van der Waals surface area (Å²) < 4.78 is 0. The van der Waals surface area contributed by atoms with E-state index in [0.29, 0.717) is 11.6 Å². The summed E-state index contributed by atoms with van der Waals surface area (Å²) in [5.74, 6) is 1.03. The van der Waals surface area contributed by atoms with Crippen molar-refractivity contribution in [3.63, 3.8) is 0 Å². The summed E-state index contributed by atoms with van der Waals surface area (Å²) in [6.45, 7) is 1.41. The minimum absolute atomic E-state index is 0.319. The van der Waals surface area contributed by atoms with Crippen LogP contribution >= 0.6 is 0 Å². The third-order valence-corrected chi connectivity index (χ3v) is 0.780. The molecule has 0 saturated heterocycles. The van der Waals surface area contributed by atoms with Crippen LogP contribution in [-0.2, 0) is 11.7 Å². The fourth-order valence-electron chi connectivity index (χ4n) is 0.455. The number of hydrogen-bond donors (Lipinski definition) is 1. The molecule has 1 radical (unpaired) electrons. The van der Waals surface area contributed by atoms with Crippen molar-refractivity contribution in [3.05, 3.63) is 11.6 Å². The van der Waals surface area contributed by atoms with Crippen molar-refractivity contribution in [1.29, 1.82) is 0 Å². The molecule has 43 valence electrons. The molecule has 1 aromatic heterocycles. The van der Waals surface area contributed by atoms with Gasteiger partial charge in [-0.15, -0.1) is 0 Å². The Balaban J connectivity index is 2.84. The SMILES string of the molecule is Cc1n[nH]c(C[O])n1. The molecule has 0 unspecified atom stereocenters. The minimum Gasteiger partial charge on any atom is -0.261 e. The summed E-state index contributed by atoms with van der Waals surface area (Å²) >= 11 is 0. The Hall–Kier alpha value is -0.900. The average molecular weight is 112 g/mol. The fraction of sp³-hybridized carbons (Fsp3) is 0.500. The van der Waals surface area contributed by atoms with E-state index in [4.69, 9.17) is 0 Å². The molecule has 1 N–H and O–H groups in total. The fourth-order valence-corrected chi connectivity index (χ4v) is 0.455. The van der Waals surface area contributed by atoms with Crippen molar-refractivity contribution in [2.24, 2.45) is 0 Å². The van der Waals surface area contributed by atoms with Crippen LogP contribution in [0.2, 0.25) is 0 Å². The van der Waals surface area contributed by atoms with Crippen molar-refractivity contribution < 1.29 is 5.11 Å². The molecule has 0 atom stereocenters. The number of hydrogen-bond acceptors (Lipinski definition) is 2. The summed E-state index contributed by atoms with van der Waals surface area (Å²) in [6, 6.07) is 0. The molecule has 1 rings (SSSR count). The van der Waals surface area contributed by atoms with Gasteiger partial charge in [-0.3, -0.25) is 5.10 Å². The van der Waals surface area contributed by atoms with Crippen LogP contribution in [0.3, 0.4) is 0 Å². The number of aromatic nitrogens is 3. The van der Waals surface area contributed by atoms with Gasteiger partial charge in [0.15, 0.2) is 5.82 Å². The van der Waals surface area contributed by atoms with Gasteiger partial charge in [0.1, 0.15) is 12.4 Å². The largest absolute Gasteiger partial charge is 0.261 e. The Kier molecular flexibility index (Phi) is 1.26. The monoisotopic (exact) mass is 112 g/mol. The van der Waals surface area contributed by atoms with Gasteiger partial charge in [-0.05, 0) is 6.92 Å². The van der Waals surface area contributed by atoms with Gasteiger partial charge in [0.2, 0.25) is 0 Å². The van der Waals surface area contributed by atoms with Gasteiger partial charge in [0, 0.05) is 0 Å². The van der Waals surface area contributed by atoms with Gasteiger partial charge in [-0.1, -0.05) is 0 Å². The first-order chi connectivity index (χ1) is 3.83. The molecule has 0 amide bonds. The highest BCUT2D eigenvalue weighted by Gasteiger charge is 1.93. The van der Waals surface area contributed by atoms with Crippen molar-refractivity contribution in [2.45, 2.75) is 13.5 Å². The molecule has 1 aromatic rings. The standard InChI is InChI=1S/C4H6N3O/c1-3-5-4(2-8)7-6-3/h2H2,1H3,(H,5,6,7). The summed E-state index contributed by atoms with van der Waals surface area (Å²) in [5.41, 5.74) is 0. The Morgan fingerprint density at radius 2 is 2.50 bits per heavy atom. The van der Waals surface area contributed by atoms with E-state index in [1.165, 1.54) is 0 Å². The van der Waals surface area contributed by atoms with E-state index in [-0.39, 0.29) is 6.61 Å². The number of rotatable bonds is 1. The van der Waals surface area contributed by atoms with Crippen LogP contribution < -0.4 is 0 Å². The van der Waals surface area contributed by atoms with Crippen LogP contribution in [0, 0.1) is 6.92 Å². The smallest absolute Gasteiger partial charge is 0.153 e. The van der Waals surface area contributed by atoms with Gasteiger partial charge in [0.05, 0.1) is 0 Å². The third-order valence-electron chi connectivity index (χ3n) is 0.780. The molecule has 0 spiro atoms. The third kappa shape index (κ3) is 0.840. The van der Waals surface area contributed by atoms with E-state index >= 15 is 0 Å². The first-order valence-corrected chi connectivity index (χ1v) is 2.29. The zero-order chi connectivity index (χ0) is 5.98. The lowest BCUT2D eigenvalue weighted by molar-refractivity contribution is 0.170. The highest BCUT2D eigenvalue weighted by atomic mass is 16.3. The second-order valence-electron chi connectivity index (χ2n) is 1.47. The van der Waals surface area contributed by atoms with Gasteiger partial charge < -0.3 is 0 Å².